The maximum atomic E-state index is 11.7. The van der Waals surface area contributed by atoms with Crippen LogP contribution in [0.15, 0.2) is 24.3 Å². The van der Waals surface area contributed by atoms with E-state index in [-0.39, 0.29) is 17.7 Å². The van der Waals surface area contributed by atoms with E-state index in [0.717, 1.165) is 11.1 Å². The van der Waals surface area contributed by atoms with Crippen LogP contribution in [0.25, 0.3) is 0 Å². The first-order chi connectivity index (χ1) is 6.68. The second-order valence-electron chi connectivity index (χ2n) is 3.48. The third-order valence-electron chi connectivity index (χ3n) is 2.40. The molecule has 0 bridgehead atoms. The number of nitrogens with one attached hydrogen (secondary N) is 1. The van der Waals surface area contributed by atoms with E-state index in [4.69, 9.17) is 0 Å². The monoisotopic (exact) mass is 189 g/mol. The molecule has 0 spiro atoms. The average Bonchev–Trinajstić information content (AvgIpc) is 2.44. The third-order valence-corrected chi connectivity index (χ3v) is 2.40. The summed E-state index contributed by atoms with van der Waals surface area (Å²) in [5, 5.41) is 2.65. The quantitative estimate of drug-likeness (QED) is 0.714. The lowest BCUT2D eigenvalue weighted by Crippen LogP contribution is -2.37. The van der Waals surface area contributed by atoms with Crippen molar-refractivity contribution in [1.29, 1.82) is 0 Å². The zero-order valence-electron chi connectivity index (χ0n) is 7.91. The molecular formula is C11H11NO2. The fourth-order valence-corrected chi connectivity index (χ4v) is 1.80. The largest absolute Gasteiger partial charge is 0.346 e. The molecule has 0 aromatic heterocycles. The van der Waals surface area contributed by atoms with Crippen molar-refractivity contribution in [2.45, 2.75) is 19.4 Å². The van der Waals surface area contributed by atoms with Crippen molar-refractivity contribution in [2.24, 2.45) is 0 Å². The lowest BCUT2D eigenvalue weighted by Gasteiger charge is -2.07. The summed E-state index contributed by atoms with van der Waals surface area (Å²) in [6, 6.07) is 7.12. The van der Waals surface area contributed by atoms with Crippen LogP contribution in [0.4, 0.5) is 0 Å². The van der Waals surface area contributed by atoms with Crippen LogP contribution >= 0.6 is 0 Å². The number of benzene rings is 1. The zero-order chi connectivity index (χ0) is 10.1. The minimum Gasteiger partial charge on any atom is -0.346 e. The Morgan fingerprint density at radius 3 is 2.79 bits per heavy atom. The van der Waals surface area contributed by atoms with Gasteiger partial charge in [0.1, 0.15) is 0 Å². The normalized spacial score (nSPS) is 19.2. The molecule has 0 fully saturated rings. The molecule has 72 valence electrons. The molecule has 14 heavy (non-hydrogen) atoms. The van der Waals surface area contributed by atoms with E-state index in [0.29, 0.717) is 6.42 Å². The molecule has 3 nitrogen and oxygen atoms in total. The highest BCUT2D eigenvalue weighted by molar-refractivity contribution is 6.05. The average molecular weight is 189 g/mol. The van der Waals surface area contributed by atoms with Gasteiger partial charge < -0.3 is 5.32 Å². The molecule has 1 aromatic carbocycles. The van der Waals surface area contributed by atoms with Gasteiger partial charge >= 0.3 is 0 Å². The Morgan fingerprint density at radius 1 is 1.43 bits per heavy atom. The number of ketones is 1. The van der Waals surface area contributed by atoms with Crippen molar-refractivity contribution in [2.75, 3.05) is 0 Å². The lowest BCUT2D eigenvalue weighted by molar-refractivity contribution is -0.119. The third kappa shape index (κ3) is 1.41. The number of Topliss-reactive ketones (excluding diaryl/α,β-unsaturated/α-hetero) is 1. The molecule has 2 rings (SSSR count). The Kier molecular flexibility index (Phi) is 2.08. The molecule has 1 amide bonds. The van der Waals surface area contributed by atoms with Gasteiger partial charge in [0, 0.05) is 18.9 Å². The first-order valence-corrected chi connectivity index (χ1v) is 4.57. The Balaban J connectivity index is 2.26. The van der Waals surface area contributed by atoms with Gasteiger partial charge in [0.05, 0.1) is 6.04 Å². The van der Waals surface area contributed by atoms with Crippen LogP contribution in [0.2, 0.25) is 0 Å². The molecule has 0 saturated heterocycles. The predicted molar refractivity (Wildman–Crippen MR) is 52.1 cm³/mol. The van der Waals surface area contributed by atoms with Gasteiger partial charge in [0.15, 0.2) is 5.78 Å². The van der Waals surface area contributed by atoms with E-state index in [1.807, 2.05) is 18.2 Å². The van der Waals surface area contributed by atoms with Crippen molar-refractivity contribution in [3.63, 3.8) is 0 Å². The standard InChI is InChI=1S/C11H11NO2/c1-7(13)12-10-6-8-4-2-3-5-9(8)11(10)14/h2-5,10H,6H2,1H3,(H,12,13). The highest BCUT2D eigenvalue weighted by Gasteiger charge is 2.30. The first kappa shape index (κ1) is 8.94. The number of amides is 1. The van der Waals surface area contributed by atoms with Crippen molar-refractivity contribution in [3.05, 3.63) is 35.4 Å². The molecule has 3 heteroatoms. The molecule has 0 radical (unpaired) electrons. The van der Waals surface area contributed by atoms with E-state index >= 15 is 0 Å². The van der Waals surface area contributed by atoms with Gasteiger partial charge in [-0.2, -0.15) is 0 Å². The Bertz CT molecular complexity index is 398. The Morgan fingerprint density at radius 2 is 2.14 bits per heavy atom. The van der Waals surface area contributed by atoms with Crippen LogP contribution in [0.5, 0.6) is 0 Å². The van der Waals surface area contributed by atoms with Gasteiger partial charge in [-0.25, -0.2) is 0 Å². The Hall–Kier alpha value is -1.64. The van der Waals surface area contributed by atoms with Crippen molar-refractivity contribution >= 4 is 11.7 Å². The van der Waals surface area contributed by atoms with Crippen LogP contribution in [-0.2, 0) is 11.2 Å². The lowest BCUT2D eigenvalue weighted by atomic mass is 10.1. The van der Waals surface area contributed by atoms with Crippen LogP contribution in [0.1, 0.15) is 22.8 Å². The van der Waals surface area contributed by atoms with Crippen LogP contribution in [-0.4, -0.2) is 17.7 Å². The zero-order valence-corrected chi connectivity index (χ0v) is 7.91. The molecule has 1 aromatic rings. The minimum atomic E-state index is -0.357. The van der Waals surface area contributed by atoms with Gasteiger partial charge in [0.2, 0.25) is 5.91 Å². The van der Waals surface area contributed by atoms with Gasteiger partial charge in [0.25, 0.3) is 0 Å². The van der Waals surface area contributed by atoms with Gasteiger partial charge in [-0.05, 0) is 5.56 Å². The van der Waals surface area contributed by atoms with Gasteiger partial charge in [-0.15, -0.1) is 0 Å². The number of carbonyl (C=O) groups excluding carboxylic acids is 2. The minimum absolute atomic E-state index is 0.0239. The fourth-order valence-electron chi connectivity index (χ4n) is 1.80. The summed E-state index contributed by atoms with van der Waals surface area (Å²) in [6.45, 7) is 1.43. The second kappa shape index (κ2) is 3.25. The highest BCUT2D eigenvalue weighted by Crippen LogP contribution is 2.21. The summed E-state index contributed by atoms with van der Waals surface area (Å²) in [5.74, 6) is -0.132. The summed E-state index contributed by atoms with van der Waals surface area (Å²) >= 11 is 0. The van der Waals surface area contributed by atoms with E-state index in [2.05, 4.69) is 5.32 Å². The van der Waals surface area contributed by atoms with E-state index in [9.17, 15) is 9.59 Å². The summed E-state index contributed by atoms with van der Waals surface area (Å²) < 4.78 is 0. The molecule has 0 heterocycles. The van der Waals surface area contributed by atoms with E-state index in [1.165, 1.54) is 6.92 Å². The summed E-state index contributed by atoms with van der Waals surface area (Å²) in [7, 11) is 0. The molecule has 1 aliphatic carbocycles. The molecule has 1 atom stereocenters. The smallest absolute Gasteiger partial charge is 0.217 e. The maximum Gasteiger partial charge on any atom is 0.217 e. The molecule has 1 aliphatic rings. The highest BCUT2D eigenvalue weighted by atomic mass is 16.2. The van der Waals surface area contributed by atoms with Gasteiger partial charge in [-0.1, -0.05) is 24.3 Å². The number of carbonyl (C=O) groups is 2. The Labute approximate surface area is 82.1 Å². The maximum absolute atomic E-state index is 11.7. The number of rotatable bonds is 1. The van der Waals surface area contributed by atoms with Crippen LogP contribution < -0.4 is 5.32 Å². The molecular weight excluding hydrogens is 178 g/mol. The predicted octanol–water partition coefficient (Wildman–Crippen LogP) is 0.930. The fraction of sp³-hybridized carbons (Fsp3) is 0.273. The summed E-state index contributed by atoms with van der Waals surface area (Å²) in [4.78, 5) is 22.6. The van der Waals surface area contributed by atoms with Crippen molar-refractivity contribution in [3.8, 4) is 0 Å². The van der Waals surface area contributed by atoms with E-state index < -0.39 is 0 Å². The molecule has 1 unspecified atom stereocenters. The van der Waals surface area contributed by atoms with Crippen molar-refractivity contribution in [1.82, 2.24) is 5.32 Å². The first-order valence-electron chi connectivity index (χ1n) is 4.57. The van der Waals surface area contributed by atoms with Crippen LogP contribution in [0.3, 0.4) is 0 Å². The molecule has 0 aliphatic heterocycles. The summed E-state index contributed by atoms with van der Waals surface area (Å²) in [6.07, 6.45) is 0.620. The topological polar surface area (TPSA) is 46.2 Å². The SMILES string of the molecule is CC(=O)NC1Cc2ccccc2C1=O. The number of hydrogen-bond acceptors (Lipinski definition) is 2. The second-order valence-corrected chi connectivity index (χ2v) is 3.48. The summed E-state index contributed by atoms with van der Waals surface area (Å²) in [5.41, 5.74) is 1.77. The van der Waals surface area contributed by atoms with Gasteiger partial charge in [-0.3, -0.25) is 9.59 Å². The molecule has 0 saturated carbocycles. The number of fused-ring (bicyclic) bond motifs is 1. The van der Waals surface area contributed by atoms with Crippen LogP contribution in [0, 0.1) is 0 Å². The number of hydrogen-bond donors (Lipinski definition) is 1. The van der Waals surface area contributed by atoms with Crippen molar-refractivity contribution < 1.29 is 9.59 Å². The van der Waals surface area contributed by atoms with E-state index in [1.54, 1.807) is 6.07 Å². The molecule has 1 N–H and O–H groups in total.